The van der Waals surface area contributed by atoms with Crippen molar-refractivity contribution < 1.29 is 37.1 Å². The van der Waals surface area contributed by atoms with Crippen LogP contribution in [0.1, 0.15) is 76.7 Å². The quantitative estimate of drug-likeness (QED) is 0.139. The third-order valence-corrected chi connectivity index (χ3v) is 16.1. The average molecular weight is 913 g/mol. The zero-order valence-corrected chi connectivity index (χ0v) is 37.1. The second-order valence-electron chi connectivity index (χ2n) is 16.6. The van der Waals surface area contributed by atoms with Gasteiger partial charge in [-0.15, -0.1) is 27.8 Å². The van der Waals surface area contributed by atoms with Gasteiger partial charge < -0.3 is 25.0 Å². The molecule has 5 atom stereocenters. The molecule has 4 aliphatic rings. The Morgan fingerprint density at radius 2 is 1.75 bits per heavy atom. The first-order valence-corrected chi connectivity index (χ1v) is 24.5. The summed E-state index contributed by atoms with van der Waals surface area (Å²) in [6.07, 6.45) is 11.4. The summed E-state index contributed by atoms with van der Waals surface area (Å²) in [5.41, 5.74) is 0.222. The topological polar surface area (TPSA) is 204 Å². The predicted molar refractivity (Wildman–Crippen MR) is 236 cm³/mol. The molecule has 2 aliphatic carbocycles. The van der Waals surface area contributed by atoms with Gasteiger partial charge in [-0.3, -0.25) is 14.4 Å². The summed E-state index contributed by atoms with van der Waals surface area (Å²) in [5.74, 6) is -1.80. The molecule has 0 bridgehead atoms. The fraction of sp³-hybridized carbons (Fsp3) is 0.432. The van der Waals surface area contributed by atoms with Crippen LogP contribution in [0.3, 0.4) is 0 Å². The van der Waals surface area contributed by atoms with Gasteiger partial charge in [0.25, 0.3) is 15.9 Å². The SMILES string of the molecule is COc1ccc(-c2nn([C@@H]3C[C@H]4C(=O)N[C@]5(C(=O)NS(=O)(=O)c6cc7ccccc7s6)C[C@H]5/C=C/CCCCC[C@@H](NC(=O)OC5CCCC5)C(=O)N4C3)nc2-c2nccs2)cc1. The standard InChI is InChI=1S/C44H48N8O8S3/c1-59-31-19-17-27(18-20-31)37-38(40-45-21-22-61-40)49-52(48-37)30-24-34-39(53)47-44(42(55)50-63(57,58)36-23-28-11-7-10-16-35(28)62-36)25-29(44)12-5-3-2-4-6-15-33(41(54)51(34)26-30)46-43(56)60-32-13-8-9-14-32/h5,7,10-12,16-23,29-30,32-34H,2-4,6,8-9,13-15,24-26H2,1H3,(H,46,56)(H,47,53)(H,50,55)/b12-5+/t29-,30-,33-,34+,44-/m1/s1. The number of methoxy groups -OCH3 is 1. The second kappa shape index (κ2) is 17.8. The van der Waals surface area contributed by atoms with Crippen LogP contribution in [-0.4, -0.2) is 94.5 Å². The molecule has 16 nitrogen and oxygen atoms in total. The number of thiazole rings is 1. The summed E-state index contributed by atoms with van der Waals surface area (Å²) in [6, 6.07) is 13.4. The smallest absolute Gasteiger partial charge is 0.408 e. The number of benzene rings is 2. The molecule has 5 aromatic rings. The number of ether oxygens (including phenoxy) is 2. The molecule has 2 aromatic carbocycles. The number of nitrogens with zero attached hydrogens (tertiary/aromatic N) is 5. The molecule has 5 heterocycles. The van der Waals surface area contributed by atoms with Gasteiger partial charge in [0.05, 0.1) is 13.2 Å². The van der Waals surface area contributed by atoms with Crippen LogP contribution >= 0.6 is 22.7 Å². The van der Waals surface area contributed by atoms with E-state index >= 15 is 0 Å². The number of allylic oxidation sites excluding steroid dienone is 1. The van der Waals surface area contributed by atoms with E-state index in [1.165, 1.54) is 27.1 Å². The summed E-state index contributed by atoms with van der Waals surface area (Å²) < 4.78 is 41.6. The molecule has 19 heteroatoms. The van der Waals surface area contributed by atoms with E-state index in [9.17, 15) is 27.6 Å². The number of carbonyl (C=O) groups is 4. The normalized spacial score (nSPS) is 25.0. The van der Waals surface area contributed by atoms with Crippen molar-refractivity contribution in [1.29, 1.82) is 0 Å². The molecule has 0 spiro atoms. The van der Waals surface area contributed by atoms with Crippen molar-refractivity contribution in [1.82, 2.24) is 40.2 Å². The molecule has 0 radical (unpaired) electrons. The third kappa shape index (κ3) is 8.95. The van der Waals surface area contributed by atoms with E-state index < -0.39 is 63.4 Å². The molecular formula is C44H48N8O8S3. The summed E-state index contributed by atoms with van der Waals surface area (Å²) in [6.45, 7) is 0.00363. The Bertz CT molecular complexity index is 2610. The van der Waals surface area contributed by atoms with Gasteiger partial charge in [0.1, 0.15) is 50.1 Å². The lowest BCUT2D eigenvalue weighted by Gasteiger charge is -2.30. The lowest BCUT2D eigenvalue weighted by molar-refractivity contribution is -0.141. The van der Waals surface area contributed by atoms with Crippen LogP contribution in [-0.2, 0) is 29.1 Å². The first kappa shape index (κ1) is 42.6. The molecule has 0 unspecified atom stereocenters. The number of aromatic nitrogens is 4. The zero-order valence-electron chi connectivity index (χ0n) is 34.6. The molecule has 3 aromatic heterocycles. The van der Waals surface area contributed by atoms with E-state index in [2.05, 4.69) is 20.3 Å². The lowest BCUT2D eigenvalue weighted by Crippen LogP contribution is -2.58. The van der Waals surface area contributed by atoms with E-state index in [0.717, 1.165) is 65.5 Å². The maximum Gasteiger partial charge on any atom is 0.408 e. The Kier molecular flexibility index (Phi) is 12.1. The zero-order chi connectivity index (χ0) is 43.7. The summed E-state index contributed by atoms with van der Waals surface area (Å²) in [7, 11) is -2.73. The van der Waals surface area contributed by atoms with Gasteiger partial charge in [0, 0.05) is 40.7 Å². The van der Waals surface area contributed by atoms with Crippen molar-refractivity contribution in [2.75, 3.05) is 13.7 Å². The van der Waals surface area contributed by atoms with Crippen molar-refractivity contribution >= 4 is 66.6 Å². The first-order chi connectivity index (χ1) is 30.5. The Morgan fingerprint density at radius 3 is 2.51 bits per heavy atom. The number of fused-ring (bicyclic) bond motifs is 3. The summed E-state index contributed by atoms with van der Waals surface area (Å²) >= 11 is 2.44. The van der Waals surface area contributed by atoms with E-state index in [4.69, 9.17) is 19.7 Å². The molecule has 1 saturated heterocycles. The minimum absolute atomic E-state index is 0.00363. The fourth-order valence-electron chi connectivity index (χ4n) is 8.86. The van der Waals surface area contributed by atoms with E-state index in [1.807, 2.05) is 47.9 Å². The van der Waals surface area contributed by atoms with Gasteiger partial charge in [0.2, 0.25) is 11.8 Å². The van der Waals surface area contributed by atoms with Crippen LogP contribution < -0.4 is 20.1 Å². The van der Waals surface area contributed by atoms with Gasteiger partial charge in [-0.1, -0.05) is 43.2 Å². The van der Waals surface area contributed by atoms with Gasteiger partial charge >= 0.3 is 6.09 Å². The largest absolute Gasteiger partial charge is 0.497 e. The van der Waals surface area contributed by atoms with Crippen LogP contribution in [0.15, 0.2) is 82.5 Å². The van der Waals surface area contributed by atoms with E-state index in [-0.39, 0.29) is 29.7 Å². The average Bonchev–Trinajstić information content (AvgIpc) is 4.02. The lowest BCUT2D eigenvalue weighted by atomic mass is 10.0. The maximum atomic E-state index is 14.9. The molecule has 4 amide bonds. The molecule has 3 N–H and O–H groups in total. The van der Waals surface area contributed by atoms with Crippen molar-refractivity contribution in [2.24, 2.45) is 5.92 Å². The van der Waals surface area contributed by atoms with Gasteiger partial charge in [-0.25, -0.2) is 22.9 Å². The molecular weight excluding hydrogens is 865 g/mol. The third-order valence-electron chi connectivity index (χ3n) is 12.4. The molecule has 63 heavy (non-hydrogen) atoms. The molecule has 2 aliphatic heterocycles. The number of sulfonamides is 1. The van der Waals surface area contributed by atoms with Crippen LogP contribution in [0.2, 0.25) is 0 Å². The Morgan fingerprint density at radius 1 is 0.968 bits per heavy atom. The monoisotopic (exact) mass is 912 g/mol. The molecule has 330 valence electrons. The Labute approximate surface area is 372 Å². The number of alkyl carbamates (subject to hydrolysis) is 1. The predicted octanol–water partition coefficient (Wildman–Crippen LogP) is 6.37. The first-order valence-electron chi connectivity index (χ1n) is 21.3. The van der Waals surface area contributed by atoms with Crippen LogP contribution in [0.5, 0.6) is 5.75 Å². The molecule has 3 fully saturated rings. The van der Waals surface area contributed by atoms with Crippen LogP contribution in [0.4, 0.5) is 4.79 Å². The highest BCUT2D eigenvalue weighted by Crippen LogP contribution is 2.46. The number of thiophene rings is 1. The number of hydrogen-bond acceptors (Lipinski definition) is 13. The Hall–Kier alpha value is -5.66. The summed E-state index contributed by atoms with van der Waals surface area (Å²) in [5, 5.41) is 18.8. The van der Waals surface area contributed by atoms with Crippen molar-refractivity contribution in [2.45, 2.75) is 105 Å². The summed E-state index contributed by atoms with van der Waals surface area (Å²) in [4.78, 5) is 64.7. The number of nitrogens with one attached hydrogen (secondary N) is 3. The minimum atomic E-state index is -4.32. The van der Waals surface area contributed by atoms with Crippen molar-refractivity contribution in [3.8, 4) is 27.7 Å². The number of hydrogen-bond donors (Lipinski definition) is 3. The number of rotatable bonds is 9. The number of carbonyl (C=O) groups excluding carboxylic acids is 4. The fourth-order valence-corrected chi connectivity index (χ4v) is 11.9. The number of amides is 4. The highest BCUT2D eigenvalue weighted by molar-refractivity contribution is 7.92. The highest BCUT2D eigenvalue weighted by Gasteiger charge is 2.62. The van der Waals surface area contributed by atoms with E-state index in [1.54, 1.807) is 31.5 Å². The van der Waals surface area contributed by atoms with Crippen molar-refractivity contribution in [3.63, 3.8) is 0 Å². The highest BCUT2D eigenvalue weighted by atomic mass is 32.2. The van der Waals surface area contributed by atoms with Crippen molar-refractivity contribution in [3.05, 3.63) is 78.3 Å². The molecule has 2 saturated carbocycles. The van der Waals surface area contributed by atoms with Gasteiger partial charge in [-0.2, -0.15) is 9.90 Å². The second-order valence-corrected chi connectivity index (χ2v) is 20.5. The van der Waals surface area contributed by atoms with E-state index in [0.29, 0.717) is 41.4 Å². The maximum absolute atomic E-state index is 14.9. The van der Waals surface area contributed by atoms with Crippen LogP contribution in [0, 0.1) is 5.92 Å². The minimum Gasteiger partial charge on any atom is -0.497 e. The Balaban J connectivity index is 1.04. The van der Waals surface area contributed by atoms with Gasteiger partial charge in [-0.05, 0) is 93.2 Å². The van der Waals surface area contributed by atoms with Gasteiger partial charge in [0.15, 0.2) is 0 Å². The van der Waals surface area contributed by atoms with Crippen LogP contribution in [0.25, 0.3) is 32.0 Å². The molecule has 9 rings (SSSR count).